The standard InChI is InChI=1S/C15H25N3/c1-12-6-7-13(16)14(10-12)18(4)11-15(17(2)3)8-5-9-15/h6-7,10H,5,8-9,11,16H2,1-4H3. The molecule has 3 heteroatoms. The van der Waals surface area contributed by atoms with Crippen molar-refractivity contribution in [1.29, 1.82) is 0 Å². The number of aryl methyl sites for hydroxylation is 1. The molecule has 0 amide bonds. The lowest BCUT2D eigenvalue weighted by Gasteiger charge is -2.49. The van der Waals surface area contributed by atoms with Crippen LogP contribution in [0.15, 0.2) is 18.2 Å². The fourth-order valence-electron chi connectivity index (χ4n) is 2.84. The van der Waals surface area contributed by atoms with Crippen molar-refractivity contribution in [2.24, 2.45) is 0 Å². The van der Waals surface area contributed by atoms with Crippen LogP contribution in [0.1, 0.15) is 24.8 Å². The van der Waals surface area contributed by atoms with E-state index < -0.39 is 0 Å². The maximum atomic E-state index is 6.09. The van der Waals surface area contributed by atoms with Crippen molar-refractivity contribution in [1.82, 2.24) is 4.90 Å². The third kappa shape index (κ3) is 2.32. The Morgan fingerprint density at radius 2 is 1.89 bits per heavy atom. The average Bonchev–Trinajstić information content (AvgIpc) is 2.26. The number of hydrogen-bond acceptors (Lipinski definition) is 3. The summed E-state index contributed by atoms with van der Waals surface area (Å²) in [4.78, 5) is 4.68. The molecule has 0 saturated heterocycles. The van der Waals surface area contributed by atoms with Gasteiger partial charge in [0, 0.05) is 19.1 Å². The average molecular weight is 247 g/mol. The van der Waals surface area contributed by atoms with Crippen LogP contribution in [0.25, 0.3) is 0 Å². The molecule has 18 heavy (non-hydrogen) atoms. The van der Waals surface area contributed by atoms with Gasteiger partial charge in [-0.3, -0.25) is 0 Å². The predicted molar refractivity (Wildman–Crippen MR) is 79.1 cm³/mol. The number of rotatable bonds is 4. The Morgan fingerprint density at radius 3 is 2.39 bits per heavy atom. The van der Waals surface area contributed by atoms with Gasteiger partial charge in [0.05, 0.1) is 11.4 Å². The van der Waals surface area contributed by atoms with Crippen LogP contribution in [0, 0.1) is 6.92 Å². The number of hydrogen-bond donors (Lipinski definition) is 1. The summed E-state index contributed by atoms with van der Waals surface area (Å²) in [5.74, 6) is 0. The molecule has 3 nitrogen and oxygen atoms in total. The summed E-state index contributed by atoms with van der Waals surface area (Å²) in [5, 5.41) is 0. The molecule has 1 saturated carbocycles. The molecule has 0 spiro atoms. The van der Waals surface area contributed by atoms with Gasteiger partial charge >= 0.3 is 0 Å². The summed E-state index contributed by atoms with van der Waals surface area (Å²) in [6.45, 7) is 3.16. The van der Waals surface area contributed by atoms with Gasteiger partial charge in [0.25, 0.3) is 0 Å². The highest BCUT2D eigenvalue weighted by molar-refractivity contribution is 5.68. The van der Waals surface area contributed by atoms with Gasteiger partial charge < -0.3 is 15.5 Å². The second-order valence-corrected chi connectivity index (χ2v) is 5.89. The molecule has 1 aromatic carbocycles. The molecule has 100 valence electrons. The van der Waals surface area contributed by atoms with E-state index in [9.17, 15) is 0 Å². The van der Waals surface area contributed by atoms with Crippen LogP contribution in [0.4, 0.5) is 11.4 Å². The van der Waals surface area contributed by atoms with Gasteiger partial charge in [0.2, 0.25) is 0 Å². The van der Waals surface area contributed by atoms with E-state index in [2.05, 4.69) is 50.0 Å². The van der Waals surface area contributed by atoms with Crippen molar-refractivity contribution in [2.75, 3.05) is 38.3 Å². The molecule has 0 atom stereocenters. The smallest absolute Gasteiger partial charge is 0.0600 e. The maximum Gasteiger partial charge on any atom is 0.0600 e. The molecule has 2 rings (SSSR count). The van der Waals surface area contributed by atoms with E-state index in [1.807, 2.05) is 6.07 Å². The third-order valence-electron chi connectivity index (χ3n) is 4.36. The minimum absolute atomic E-state index is 0.338. The second-order valence-electron chi connectivity index (χ2n) is 5.89. The van der Waals surface area contributed by atoms with Crippen molar-refractivity contribution in [2.45, 2.75) is 31.7 Å². The molecule has 1 aliphatic rings. The van der Waals surface area contributed by atoms with E-state index >= 15 is 0 Å². The summed E-state index contributed by atoms with van der Waals surface area (Å²) in [6.07, 6.45) is 3.92. The summed E-state index contributed by atoms with van der Waals surface area (Å²) < 4.78 is 0. The van der Waals surface area contributed by atoms with Gasteiger partial charge in [-0.2, -0.15) is 0 Å². The fourth-order valence-corrected chi connectivity index (χ4v) is 2.84. The van der Waals surface area contributed by atoms with Gasteiger partial charge in [-0.15, -0.1) is 0 Å². The molecule has 0 heterocycles. The largest absolute Gasteiger partial charge is 0.397 e. The predicted octanol–water partition coefficient (Wildman–Crippen LogP) is 2.50. The topological polar surface area (TPSA) is 32.5 Å². The van der Waals surface area contributed by atoms with Crippen molar-refractivity contribution >= 4 is 11.4 Å². The van der Waals surface area contributed by atoms with E-state index in [-0.39, 0.29) is 0 Å². The lowest BCUT2D eigenvalue weighted by atomic mass is 9.75. The van der Waals surface area contributed by atoms with Gasteiger partial charge in [-0.1, -0.05) is 6.07 Å². The van der Waals surface area contributed by atoms with Crippen molar-refractivity contribution < 1.29 is 0 Å². The number of nitrogens with zero attached hydrogens (tertiary/aromatic N) is 2. The number of nitrogen functional groups attached to an aromatic ring is 1. The molecular formula is C15H25N3. The number of anilines is 2. The first-order chi connectivity index (χ1) is 8.44. The van der Waals surface area contributed by atoms with E-state index in [1.165, 1.54) is 24.8 Å². The van der Waals surface area contributed by atoms with Crippen LogP contribution in [0.3, 0.4) is 0 Å². The normalized spacial score (nSPS) is 17.6. The molecule has 0 bridgehead atoms. The molecule has 0 radical (unpaired) electrons. The Bertz CT molecular complexity index is 422. The van der Waals surface area contributed by atoms with Crippen LogP contribution in [-0.4, -0.2) is 38.1 Å². The van der Waals surface area contributed by atoms with E-state index in [0.717, 1.165) is 17.9 Å². The minimum atomic E-state index is 0.338. The fraction of sp³-hybridized carbons (Fsp3) is 0.600. The maximum absolute atomic E-state index is 6.09. The lowest BCUT2D eigenvalue weighted by molar-refractivity contribution is 0.0683. The number of likely N-dealkylation sites (N-methyl/N-ethyl adjacent to an activating group) is 2. The molecule has 0 unspecified atom stereocenters. The van der Waals surface area contributed by atoms with Crippen LogP contribution < -0.4 is 10.6 Å². The van der Waals surface area contributed by atoms with Crippen molar-refractivity contribution in [3.8, 4) is 0 Å². The Balaban J connectivity index is 2.16. The quantitative estimate of drug-likeness (QED) is 0.830. The van der Waals surface area contributed by atoms with Crippen molar-refractivity contribution in [3.05, 3.63) is 23.8 Å². The van der Waals surface area contributed by atoms with Gasteiger partial charge in [0.15, 0.2) is 0 Å². The number of nitrogens with two attached hydrogens (primary N) is 1. The highest BCUT2D eigenvalue weighted by Gasteiger charge is 2.40. The Morgan fingerprint density at radius 1 is 1.22 bits per heavy atom. The van der Waals surface area contributed by atoms with Gasteiger partial charge in [0.1, 0.15) is 0 Å². The molecule has 1 aromatic rings. The Labute approximate surface area is 111 Å². The molecule has 0 aliphatic heterocycles. The van der Waals surface area contributed by atoms with E-state index in [0.29, 0.717) is 5.54 Å². The van der Waals surface area contributed by atoms with Crippen molar-refractivity contribution in [3.63, 3.8) is 0 Å². The zero-order valence-corrected chi connectivity index (χ0v) is 12.0. The molecule has 0 aromatic heterocycles. The summed E-state index contributed by atoms with van der Waals surface area (Å²) >= 11 is 0. The van der Waals surface area contributed by atoms with Crippen LogP contribution in [0.5, 0.6) is 0 Å². The first kappa shape index (κ1) is 13.2. The van der Waals surface area contributed by atoms with Gasteiger partial charge in [-0.25, -0.2) is 0 Å². The van der Waals surface area contributed by atoms with E-state index in [4.69, 9.17) is 5.73 Å². The lowest BCUT2D eigenvalue weighted by Crippen LogP contribution is -2.56. The summed E-state index contributed by atoms with van der Waals surface area (Å²) in [5.41, 5.74) is 9.72. The second kappa shape index (κ2) is 4.81. The highest BCUT2D eigenvalue weighted by Crippen LogP contribution is 2.38. The summed E-state index contributed by atoms with van der Waals surface area (Å²) in [6, 6.07) is 6.25. The summed E-state index contributed by atoms with van der Waals surface area (Å²) in [7, 11) is 6.52. The Hall–Kier alpha value is -1.22. The minimum Gasteiger partial charge on any atom is -0.397 e. The number of benzene rings is 1. The van der Waals surface area contributed by atoms with Crippen LogP contribution >= 0.6 is 0 Å². The zero-order chi connectivity index (χ0) is 13.3. The van der Waals surface area contributed by atoms with E-state index in [1.54, 1.807) is 0 Å². The van der Waals surface area contributed by atoms with Crippen LogP contribution in [0.2, 0.25) is 0 Å². The molecule has 2 N–H and O–H groups in total. The Kier molecular flexibility index (Phi) is 3.53. The SMILES string of the molecule is Cc1ccc(N)c(N(C)CC2(N(C)C)CCC2)c1. The molecule has 1 aliphatic carbocycles. The first-order valence-electron chi connectivity index (χ1n) is 6.69. The zero-order valence-electron chi connectivity index (χ0n) is 12.0. The van der Waals surface area contributed by atoms with Crippen LogP contribution in [-0.2, 0) is 0 Å². The molecule has 1 fully saturated rings. The highest BCUT2D eigenvalue weighted by atomic mass is 15.2. The van der Waals surface area contributed by atoms with Gasteiger partial charge in [-0.05, 0) is 58.0 Å². The first-order valence-corrected chi connectivity index (χ1v) is 6.69. The monoisotopic (exact) mass is 247 g/mol. The molecular weight excluding hydrogens is 222 g/mol. The third-order valence-corrected chi connectivity index (χ3v) is 4.36.